The van der Waals surface area contributed by atoms with Gasteiger partial charge in [0.2, 0.25) is 5.91 Å². The topological polar surface area (TPSA) is 58.4 Å². The van der Waals surface area contributed by atoms with E-state index in [9.17, 15) is 4.79 Å². The second-order valence-electron chi connectivity index (χ2n) is 4.91. The first-order valence-corrected chi connectivity index (χ1v) is 5.71. The molecule has 0 aromatic rings. The Bertz CT molecular complexity index is 210. The van der Waals surface area contributed by atoms with Gasteiger partial charge in [0.25, 0.3) is 0 Å². The number of amides is 1. The molecule has 4 nitrogen and oxygen atoms in total. The van der Waals surface area contributed by atoms with Crippen molar-refractivity contribution >= 4 is 5.91 Å². The average Bonchev–Trinajstić information content (AvgIpc) is 2.12. The summed E-state index contributed by atoms with van der Waals surface area (Å²) in [5.74, 6) is 1.18. The van der Waals surface area contributed by atoms with Crippen molar-refractivity contribution in [3.63, 3.8) is 0 Å². The molecular formula is C11H23N3O. The Hall–Kier alpha value is -0.610. The smallest absolute Gasteiger partial charge is 0.235 e. The van der Waals surface area contributed by atoms with Crippen molar-refractivity contribution < 1.29 is 4.79 Å². The van der Waals surface area contributed by atoms with Crippen molar-refractivity contribution in [1.82, 2.24) is 10.2 Å². The molecule has 15 heavy (non-hydrogen) atoms. The fourth-order valence-corrected chi connectivity index (χ4v) is 2.52. The first-order chi connectivity index (χ1) is 7.02. The number of carbonyl (C=O) groups excluding carboxylic acids is 1. The van der Waals surface area contributed by atoms with Gasteiger partial charge in [-0.25, -0.2) is 0 Å². The summed E-state index contributed by atoms with van der Waals surface area (Å²) < 4.78 is 0. The number of nitrogens with one attached hydrogen (secondary N) is 1. The number of nitrogens with zero attached hydrogens (tertiary/aromatic N) is 1. The van der Waals surface area contributed by atoms with Crippen LogP contribution in [0.3, 0.4) is 0 Å². The lowest BCUT2D eigenvalue weighted by molar-refractivity contribution is -0.120. The molecule has 1 saturated heterocycles. The first kappa shape index (κ1) is 12.5. The van der Waals surface area contributed by atoms with Crippen LogP contribution in [-0.4, -0.2) is 43.5 Å². The lowest BCUT2D eigenvalue weighted by Gasteiger charge is -2.36. The van der Waals surface area contributed by atoms with Crippen molar-refractivity contribution in [2.45, 2.75) is 26.3 Å². The number of rotatable bonds is 4. The zero-order valence-electron chi connectivity index (χ0n) is 9.99. The minimum absolute atomic E-state index is 0.220. The van der Waals surface area contributed by atoms with Crippen LogP contribution < -0.4 is 11.1 Å². The van der Waals surface area contributed by atoms with Gasteiger partial charge in [0.15, 0.2) is 0 Å². The van der Waals surface area contributed by atoms with Gasteiger partial charge in [0, 0.05) is 19.6 Å². The predicted molar refractivity (Wildman–Crippen MR) is 61.4 cm³/mol. The molecule has 3 N–H and O–H groups in total. The van der Waals surface area contributed by atoms with Crippen molar-refractivity contribution in [2.75, 3.05) is 26.7 Å². The third-order valence-corrected chi connectivity index (χ3v) is 3.08. The van der Waals surface area contributed by atoms with Crippen LogP contribution in [0.1, 0.15) is 20.3 Å². The maximum Gasteiger partial charge on any atom is 0.235 e. The van der Waals surface area contributed by atoms with E-state index in [-0.39, 0.29) is 11.9 Å². The largest absolute Gasteiger partial charge is 0.368 e. The number of likely N-dealkylation sites (tertiary alicyclic amines) is 1. The summed E-state index contributed by atoms with van der Waals surface area (Å²) in [5, 5.41) is 2.96. The number of nitrogens with two attached hydrogens (primary N) is 1. The molecule has 1 heterocycles. The van der Waals surface area contributed by atoms with E-state index in [4.69, 9.17) is 5.73 Å². The number of likely N-dealkylation sites (N-methyl/N-ethyl adjacent to an activating group) is 1. The second-order valence-corrected chi connectivity index (χ2v) is 4.91. The van der Waals surface area contributed by atoms with Gasteiger partial charge in [0.05, 0.1) is 6.04 Å². The van der Waals surface area contributed by atoms with Crippen molar-refractivity contribution in [2.24, 2.45) is 17.6 Å². The molecule has 0 aromatic carbocycles. The summed E-state index contributed by atoms with van der Waals surface area (Å²) in [7, 11) is 1.78. The molecule has 1 rings (SSSR count). The summed E-state index contributed by atoms with van der Waals surface area (Å²) in [6.07, 6.45) is 1.29. The number of hydrogen-bond acceptors (Lipinski definition) is 3. The minimum atomic E-state index is -0.261. The molecule has 1 aliphatic heterocycles. The molecule has 1 amide bonds. The lowest BCUT2D eigenvalue weighted by Crippen LogP contribution is -2.51. The van der Waals surface area contributed by atoms with E-state index < -0.39 is 0 Å². The zero-order chi connectivity index (χ0) is 11.4. The van der Waals surface area contributed by atoms with Crippen LogP contribution in [0.25, 0.3) is 0 Å². The number of carbonyl (C=O) groups is 1. The molecule has 0 aliphatic carbocycles. The van der Waals surface area contributed by atoms with Crippen molar-refractivity contribution in [3.05, 3.63) is 0 Å². The van der Waals surface area contributed by atoms with E-state index in [1.807, 2.05) is 0 Å². The molecule has 4 heteroatoms. The van der Waals surface area contributed by atoms with Gasteiger partial charge in [-0.3, -0.25) is 4.79 Å². The van der Waals surface area contributed by atoms with E-state index >= 15 is 0 Å². The molecule has 3 unspecified atom stereocenters. The third-order valence-electron chi connectivity index (χ3n) is 3.08. The van der Waals surface area contributed by atoms with Crippen molar-refractivity contribution in [3.8, 4) is 0 Å². The summed E-state index contributed by atoms with van der Waals surface area (Å²) in [6.45, 7) is 7.43. The first-order valence-electron chi connectivity index (χ1n) is 5.71. The molecular weight excluding hydrogens is 190 g/mol. The molecule has 0 radical (unpaired) electrons. The van der Waals surface area contributed by atoms with Crippen LogP contribution >= 0.6 is 0 Å². The monoisotopic (exact) mass is 213 g/mol. The van der Waals surface area contributed by atoms with Gasteiger partial charge in [-0.2, -0.15) is 0 Å². The van der Waals surface area contributed by atoms with Crippen LogP contribution in [0.4, 0.5) is 0 Å². The maximum atomic E-state index is 11.1. The van der Waals surface area contributed by atoms with Crippen LogP contribution in [0.15, 0.2) is 0 Å². The van der Waals surface area contributed by atoms with E-state index in [1.165, 1.54) is 6.42 Å². The Kier molecular flexibility index (Phi) is 4.54. The fraction of sp³-hybridized carbons (Fsp3) is 0.909. The van der Waals surface area contributed by atoms with Crippen LogP contribution in [0.2, 0.25) is 0 Å². The van der Waals surface area contributed by atoms with Gasteiger partial charge in [-0.15, -0.1) is 0 Å². The highest BCUT2D eigenvalue weighted by Crippen LogP contribution is 2.20. The highest BCUT2D eigenvalue weighted by atomic mass is 16.1. The fourth-order valence-electron chi connectivity index (χ4n) is 2.52. The number of primary amides is 1. The van der Waals surface area contributed by atoms with Crippen LogP contribution in [0.5, 0.6) is 0 Å². The van der Waals surface area contributed by atoms with Crippen LogP contribution in [0, 0.1) is 11.8 Å². The highest BCUT2D eigenvalue weighted by Gasteiger charge is 2.25. The number of piperidine rings is 1. The highest BCUT2D eigenvalue weighted by molar-refractivity contribution is 5.80. The minimum Gasteiger partial charge on any atom is -0.368 e. The number of hydrogen-bond donors (Lipinski definition) is 2. The van der Waals surface area contributed by atoms with E-state index in [0.717, 1.165) is 31.5 Å². The molecule has 3 atom stereocenters. The van der Waals surface area contributed by atoms with Gasteiger partial charge in [0.1, 0.15) is 0 Å². The Balaban J connectivity index is 2.45. The van der Waals surface area contributed by atoms with Gasteiger partial charge in [-0.05, 0) is 25.3 Å². The van der Waals surface area contributed by atoms with Crippen molar-refractivity contribution in [1.29, 1.82) is 0 Å². The lowest BCUT2D eigenvalue weighted by atomic mass is 9.91. The summed E-state index contributed by atoms with van der Waals surface area (Å²) >= 11 is 0. The van der Waals surface area contributed by atoms with E-state index in [1.54, 1.807) is 7.05 Å². The Morgan fingerprint density at radius 3 is 2.40 bits per heavy atom. The Labute approximate surface area is 92.2 Å². The van der Waals surface area contributed by atoms with Crippen LogP contribution in [-0.2, 0) is 4.79 Å². The third kappa shape index (κ3) is 3.80. The van der Waals surface area contributed by atoms with E-state index in [0.29, 0.717) is 0 Å². The zero-order valence-corrected chi connectivity index (χ0v) is 9.99. The predicted octanol–water partition coefficient (Wildman–Crippen LogP) is 0.0376. The van der Waals surface area contributed by atoms with Gasteiger partial charge in [-0.1, -0.05) is 13.8 Å². The van der Waals surface area contributed by atoms with E-state index in [2.05, 4.69) is 24.1 Å². The second kappa shape index (κ2) is 5.47. The Morgan fingerprint density at radius 1 is 1.47 bits per heavy atom. The SMILES string of the molecule is CNC(CN1CC(C)CC(C)C1)C(N)=O. The summed E-state index contributed by atoms with van der Waals surface area (Å²) in [5.41, 5.74) is 5.31. The molecule has 0 bridgehead atoms. The molecule has 0 spiro atoms. The Morgan fingerprint density at radius 2 is 2.00 bits per heavy atom. The molecule has 0 aromatic heterocycles. The molecule has 88 valence electrons. The summed E-state index contributed by atoms with van der Waals surface area (Å²) in [4.78, 5) is 13.4. The quantitative estimate of drug-likeness (QED) is 0.693. The normalized spacial score (nSPS) is 30.1. The molecule has 1 fully saturated rings. The maximum absolute atomic E-state index is 11.1. The van der Waals surface area contributed by atoms with Gasteiger partial charge >= 0.3 is 0 Å². The average molecular weight is 213 g/mol. The van der Waals surface area contributed by atoms with Gasteiger partial charge < -0.3 is 16.0 Å². The standard InChI is InChI=1S/C11H23N3O/c1-8-4-9(2)6-14(5-8)7-10(13-3)11(12)15/h8-10,13H,4-7H2,1-3H3,(H2,12,15). The summed E-state index contributed by atoms with van der Waals surface area (Å²) in [6, 6.07) is -0.220. The molecule has 1 aliphatic rings. The molecule has 0 saturated carbocycles.